The molecule has 0 fully saturated rings. The Hall–Kier alpha value is -1.93. The molecule has 0 unspecified atom stereocenters. The maximum Gasteiger partial charge on any atom is 0.170 e. The van der Waals surface area contributed by atoms with Crippen molar-refractivity contribution in [1.82, 2.24) is 0 Å². The highest BCUT2D eigenvalue weighted by Crippen LogP contribution is 2.52. The van der Waals surface area contributed by atoms with Crippen molar-refractivity contribution in [3.63, 3.8) is 0 Å². The molecule has 2 nitrogen and oxygen atoms in total. The van der Waals surface area contributed by atoms with E-state index in [-0.39, 0.29) is 18.3 Å². The largest absolute Gasteiger partial charge is 0.396 e. The number of allylic oxidation sites excluding steroid dienone is 6. The lowest BCUT2D eigenvalue weighted by molar-refractivity contribution is -0.121. The molecule has 3 rings (SSSR count). The Morgan fingerprint density at radius 2 is 2.05 bits per heavy atom. The molecule has 20 heavy (non-hydrogen) atoms. The fourth-order valence-corrected chi connectivity index (χ4v) is 3.31. The second kappa shape index (κ2) is 4.88. The van der Waals surface area contributed by atoms with E-state index in [2.05, 4.69) is 6.08 Å². The van der Waals surface area contributed by atoms with E-state index < -0.39 is 5.41 Å². The Morgan fingerprint density at radius 1 is 1.30 bits per heavy atom. The maximum absolute atomic E-state index is 12.7. The van der Waals surface area contributed by atoms with Gasteiger partial charge in [0.15, 0.2) is 5.78 Å². The summed E-state index contributed by atoms with van der Waals surface area (Å²) in [5.41, 5.74) is 2.38. The van der Waals surface area contributed by atoms with Gasteiger partial charge < -0.3 is 5.11 Å². The molecule has 2 heteroatoms. The molecule has 2 aliphatic carbocycles. The maximum atomic E-state index is 12.7. The van der Waals surface area contributed by atoms with Gasteiger partial charge in [-0.15, -0.1) is 0 Å². The zero-order valence-corrected chi connectivity index (χ0v) is 11.5. The third-order valence-corrected chi connectivity index (χ3v) is 4.38. The molecule has 0 heterocycles. The topological polar surface area (TPSA) is 37.3 Å². The second-order valence-electron chi connectivity index (χ2n) is 5.55. The Kier molecular flexibility index (Phi) is 3.19. The van der Waals surface area contributed by atoms with E-state index in [1.807, 2.05) is 49.4 Å². The van der Waals surface area contributed by atoms with Crippen LogP contribution in [0.1, 0.15) is 18.9 Å². The van der Waals surface area contributed by atoms with Crippen LogP contribution in [0.2, 0.25) is 0 Å². The summed E-state index contributed by atoms with van der Waals surface area (Å²) in [6.07, 6.45) is 8.52. The smallest absolute Gasteiger partial charge is 0.170 e. The average molecular weight is 266 g/mol. The minimum absolute atomic E-state index is 0.0236. The van der Waals surface area contributed by atoms with E-state index in [4.69, 9.17) is 0 Å². The molecule has 1 spiro atoms. The molecule has 0 aliphatic heterocycles. The fourth-order valence-electron chi connectivity index (χ4n) is 3.31. The Labute approximate surface area is 119 Å². The number of benzene rings is 1. The molecule has 0 aromatic heterocycles. The number of aliphatic hydroxyl groups is 1. The standard InChI is InChI=1S/C18H18O2/c1-13-9-10-18(17(20)11-13)15(12-19)7-8-16(18)14-5-3-2-4-6-14/h2-6,8-11,15,19H,7,12H2,1H3/t15-,18+/m1/s1. The molecule has 1 aromatic carbocycles. The van der Waals surface area contributed by atoms with E-state index in [1.54, 1.807) is 6.08 Å². The summed E-state index contributed by atoms with van der Waals surface area (Å²) in [6, 6.07) is 9.99. The summed E-state index contributed by atoms with van der Waals surface area (Å²) in [7, 11) is 0. The minimum Gasteiger partial charge on any atom is -0.396 e. The number of ketones is 1. The Bertz CT molecular complexity index is 622. The van der Waals surface area contributed by atoms with Crippen molar-refractivity contribution in [2.24, 2.45) is 11.3 Å². The van der Waals surface area contributed by atoms with Gasteiger partial charge in [0.05, 0.1) is 5.41 Å². The summed E-state index contributed by atoms with van der Waals surface area (Å²) in [6.45, 7) is 1.95. The van der Waals surface area contributed by atoms with Crippen LogP contribution < -0.4 is 0 Å². The van der Waals surface area contributed by atoms with Gasteiger partial charge in [0.25, 0.3) is 0 Å². The van der Waals surface area contributed by atoms with Crippen molar-refractivity contribution in [3.05, 3.63) is 65.8 Å². The van der Waals surface area contributed by atoms with Crippen LogP contribution in [0.5, 0.6) is 0 Å². The summed E-state index contributed by atoms with van der Waals surface area (Å²) < 4.78 is 0. The van der Waals surface area contributed by atoms with Crippen LogP contribution in [0.25, 0.3) is 5.57 Å². The van der Waals surface area contributed by atoms with E-state index in [1.165, 1.54) is 0 Å². The molecule has 0 saturated carbocycles. The zero-order valence-electron chi connectivity index (χ0n) is 11.5. The molecule has 2 atom stereocenters. The van der Waals surface area contributed by atoms with Gasteiger partial charge in [0.2, 0.25) is 0 Å². The number of aliphatic hydroxyl groups excluding tert-OH is 1. The van der Waals surface area contributed by atoms with Crippen LogP contribution in [-0.4, -0.2) is 17.5 Å². The van der Waals surface area contributed by atoms with Gasteiger partial charge in [0.1, 0.15) is 0 Å². The first-order chi connectivity index (χ1) is 9.68. The zero-order chi connectivity index (χ0) is 14.2. The Balaban J connectivity index is 2.12. The highest BCUT2D eigenvalue weighted by atomic mass is 16.3. The number of hydrogen-bond acceptors (Lipinski definition) is 2. The molecule has 0 saturated heterocycles. The Morgan fingerprint density at radius 3 is 2.70 bits per heavy atom. The van der Waals surface area contributed by atoms with Crippen LogP contribution in [0, 0.1) is 11.3 Å². The third-order valence-electron chi connectivity index (χ3n) is 4.38. The lowest BCUT2D eigenvalue weighted by Crippen LogP contribution is -2.37. The quantitative estimate of drug-likeness (QED) is 0.892. The van der Waals surface area contributed by atoms with Gasteiger partial charge in [-0.25, -0.2) is 0 Å². The molecule has 1 N–H and O–H groups in total. The van der Waals surface area contributed by atoms with Crippen LogP contribution in [0.4, 0.5) is 0 Å². The summed E-state index contributed by atoms with van der Waals surface area (Å²) in [5.74, 6) is 0.0231. The van der Waals surface area contributed by atoms with Gasteiger partial charge in [0, 0.05) is 12.5 Å². The molecule has 0 radical (unpaired) electrons. The van der Waals surface area contributed by atoms with Crippen LogP contribution in [0.15, 0.2) is 60.2 Å². The van der Waals surface area contributed by atoms with E-state index in [0.29, 0.717) is 0 Å². The predicted molar refractivity (Wildman–Crippen MR) is 79.9 cm³/mol. The van der Waals surface area contributed by atoms with Crippen molar-refractivity contribution in [3.8, 4) is 0 Å². The number of carbonyl (C=O) groups excluding carboxylic acids is 1. The summed E-state index contributed by atoms with van der Waals surface area (Å²) in [4.78, 5) is 12.7. The van der Waals surface area contributed by atoms with Gasteiger partial charge in [-0.1, -0.05) is 48.6 Å². The van der Waals surface area contributed by atoms with E-state index in [9.17, 15) is 9.90 Å². The van der Waals surface area contributed by atoms with Crippen molar-refractivity contribution < 1.29 is 9.90 Å². The minimum atomic E-state index is -0.685. The lowest BCUT2D eigenvalue weighted by Gasteiger charge is -2.35. The van der Waals surface area contributed by atoms with Gasteiger partial charge >= 0.3 is 0 Å². The van der Waals surface area contributed by atoms with Crippen LogP contribution in [0.3, 0.4) is 0 Å². The number of hydrogen-bond donors (Lipinski definition) is 1. The first kappa shape index (κ1) is 13.1. The molecule has 2 aliphatic rings. The van der Waals surface area contributed by atoms with Crippen molar-refractivity contribution in [1.29, 1.82) is 0 Å². The molecule has 0 bridgehead atoms. The van der Waals surface area contributed by atoms with Gasteiger partial charge in [-0.05, 0) is 36.1 Å². The van der Waals surface area contributed by atoms with Crippen molar-refractivity contribution in [2.45, 2.75) is 13.3 Å². The molecular weight excluding hydrogens is 248 g/mol. The molecule has 1 aromatic rings. The van der Waals surface area contributed by atoms with Gasteiger partial charge in [-0.3, -0.25) is 4.79 Å². The number of carbonyl (C=O) groups is 1. The SMILES string of the molecule is CC1=CC(=O)[C@]2(C=C1)C(c1ccccc1)=CC[C@@H]2CO. The van der Waals surface area contributed by atoms with Crippen molar-refractivity contribution >= 4 is 11.4 Å². The highest BCUT2D eigenvalue weighted by molar-refractivity contribution is 6.08. The fraction of sp³-hybridized carbons (Fsp3) is 0.278. The first-order valence-electron chi connectivity index (χ1n) is 6.97. The summed E-state index contributed by atoms with van der Waals surface area (Å²) >= 11 is 0. The summed E-state index contributed by atoms with van der Waals surface area (Å²) in [5, 5.41) is 9.69. The number of rotatable bonds is 2. The monoisotopic (exact) mass is 266 g/mol. The predicted octanol–water partition coefficient (Wildman–Crippen LogP) is 3.15. The van der Waals surface area contributed by atoms with Crippen molar-refractivity contribution in [2.75, 3.05) is 6.61 Å². The van der Waals surface area contributed by atoms with E-state index in [0.717, 1.165) is 23.1 Å². The van der Waals surface area contributed by atoms with Gasteiger partial charge in [-0.2, -0.15) is 0 Å². The third kappa shape index (κ3) is 1.80. The molecular formula is C18H18O2. The molecule has 0 amide bonds. The highest BCUT2D eigenvalue weighted by Gasteiger charge is 2.49. The lowest BCUT2D eigenvalue weighted by atomic mass is 9.66. The second-order valence-corrected chi connectivity index (χ2v) is 5.55. The average Bonchev–Trinajstić information content (AvgIpc) is 2.84. The van der Waals surface area contributed by atoms with E-state index >= 15 is 0 Å². The van der Waals surface area contributed by atoms with Crippen LogP contribution >= 0.6 is 0 Å². The first-order valence-corrected chi connectivity index (χ1v) is 6.97. The van der Waals surface area contributed by atoms with Crippen LogP contribution in [-0.2, 0) is 4.79 Å². The molecule has 102 valence electrons. The normalized spacial score (nSPS) is 28.7.